The third kappa shape index (κ3) is 2.95. The van der Waals surface area contributed by atoms with Crippen molar-refractivity contribution < 1.29 is 13.9 Å². The summed E-state index contributed by atoms with van der Waals surface area (Å²) >= 11 is 0. The highest BCUT2D eigenvalue weighted by atomic mass is 19.1. The molecule has 0 saturated carbocycles. The van der Waals surface area contributed by atoms with Crippen molar-refractivity contribution in [1.29, 1.82) is 0 Å². The summed E-state index contributed by atoms with van der Waals surface area (Å²) in [7, 11) is 1.44. The number of carbonyl (C=O) groups excluding carboxylic acids is 1. The Hall–Kier alpha value is -2.37. The van der Waals surface area contributed by atoms with Crippen molar-refractivity contribution in [3.8, 4) is 5.75 Å². The maximum Gasteiger partial charge on any atom is 0.259 e. The second kappa shape index (κ2) is 6.17. The first-order valence-electron chi connectivity index (χ1n) is 7.05. The number of aryl methyl sites for hydroxylation is 1. The van der Waals surface area contributed by atoms with Crippen LogP contribution in [0.4, 0.5) is 10.1 Å². The number of rotatable bonds is 4. The van der Waals surface area contributed by atoms with E-state index in [2.05, 4.69) is 10.4 Å². The molecular weight excluding hydrogens is 285 g/mol. The summed E-state index contributed by atoms with van der Waals surface area (Å²) in [4.78, 5) is 12.4. The lowest BCUT2D eigenvalue weighted by Gasteiger charge is -2.11. The Bertz CT molecular complexity index is 708. The molecule has 1 aromatic heterocycles. The Morgan fingerprint density at radius 2 is 2.05 bits per heavy atom. The second-order valence-corrected chi connectivity index (χ2v) is 5.38. The number of amides is 1. The number of ether oxygens (including phenoxy) is 1. The predicted octanol–water partition coefficient (Wildman–Crippen LogP) is 3.48. The van der Waals surface area contributed by atoms with Gasteiger partial charge in [-0.15, -0.1) is 0 Å². The zero-order chi connectivity index (χ0) is 16.4. The third-order valence-electron chi connectivity index (χ3n) is 3.46. The van der Waals surface area contributed by atoms with Gasteiger partial charge in [-0.1, -0.05) is 0 Å². The van der Waals surface area contributed by atoms with E-state index < -0.39 is 11.7 Å². The van der Waals surface area contributed by atoms with Gasteiger partial charge in [-0.2, -0.15) is 5.10 Å². The number of carbonyl (C=O) groups is 1. The second-order valence-electron chi connectivity index (χ2n) is 5.38. The molecule has 0 bridgehead atoms. The van der Waals surface area contributed by atoms with E-state index in [0.29, 0.717) is 11.4 Å². The fourth-order valence-corrected chi connectivity index (χ4v) is 2.39. The molecule has 5 nitrogen and oxygen atoms in total. The SMILES string of the molecule is COc1ccc(F)cc1C(=O)Nc1c(C)nn(C(C)C)c1C. The Kier molecular flexibility index (Phi) is 4.49. The van der Waals surface area contributed by atoms with E-state index in [0.717, 1.165) is 17.5 Å². The van der Waals surface area contributed by atoms with Crippen LogP contribution in [-0.2, 0) is 0 Å². The average Bonchev–Trinajstić information content (AvgIpc) is 2.75. The van der Waals surface area contributed by atoms with Crippen molar-refractivity contribution in [2.24, 2.45) is 0 Å². The van der Waals surface area contributed by atoms with Crippen LogP contribution in [-0.4, -0.2) is 22.8 Å². The lowest BCUT2D eigenvalue weighted by atomic mass is 10.1. The zero-order valence-electron chi connectivity index (χ0n) is 13.4. The lowest BCUT2D eigenvalue weighted by molar-refractivity contribution is 0.102. The molecule has 2 rings (SSSR count). The van der Waals surface area contributed by atoms with Gasteiger partial charge in [-0.25, -0.2) is 4.39 Å². The van der Waals surface area contributed by atoms with Crippen LogP contribution >= 0.6 is 0 Å². The molecule has 0 aliphatic heterocycles. The van der Waals surface area contributed by atoms with E-state index in [4.69, 9.17) is 4.74 Å². The molecule has 2 aromatic rings. The van der Waals surface area contributed by atoms with E-state index in [9.17, 15) is 9.18 Å². The average molecular weight is 305 g/mol. The van der Waals surface area contributed by atoms with Crippen LogP contribution in [0.25, 0.3) is 0 Å². The molecule has 1 aromatic carbocycles. The van der Waals surface area contributed by atoms with Gasteiger partial charge in [0.2, 0.25) is 0 Å². The minimum absolute atomic E-state index is 0.151. The smallest absolute Gasteiger partial charge is 0.259 e. The van der Waals surface area contributed by atoms with Crippen LogP contribution in [0.1, 0.15) is 41.6 Å². The summed E-state index contributed by atoms with van der Waals surface area (Å²) in [5.41, 5.74) is 2.37. The number of hydrogen-bond donors (Lipinski definition) is 1. The minimum atomic E-state index is -0.489. The maximum absolute atomic E-state index is 13.4. The number of aromatic nitrogens is 2. The largest absolute Gasteiger partial charge is 0.496 e. The van der Waals surface area contributed by atoms with Gasteiger partial charge in [0.1, 0.15) is 11.6 Å². The van der Waals surface area contributed by atoms with Crippen molar-refractivity contribution >= 4 is 11.6 Å². The highest BCUT2D eigenvalue weighted by molar-refractivity contribution is 6.06. The molecule has 0 unspecified atom stereocenters. The number of nitrogens with zero attached hydrogens (tertiary/aromatic N) is 2. The summed E-state index contributed by atoms with van der Waals surface area (Å²) in [5.74, 6) is -0.589. The van der Waals surface area contributed by atoms with Crippen LogP contribution in [0, 0.1) is 19.7 Å². The number of hydrogen-bond acceptors (Lipinski definition) is 3. The summed E-state index contributed by atoms with van der Waals surface area (Å²) in [6.45, 7) is 7.74. The third-order valence-corrected chi connectivity index (χ3v) is 3.46. The number of benzene rings is 1. The first-order valence-corrected chi connectivity index (χ1v) is 7.05. The molecule has 22 heavy (non-hydrogen) atoms. The Balaban J connectivity index is 2.36. The van der Waals surface area contributed by atoms with Gasteiger partial charge >= 0.3 is 0 Å². The fraction of sp³-hybridized carbons (Fsp3) is 0.375. The fourth-order valence-electron chi connectivity index (χ4n) is 2.39. The summed E-state index contributed by atoms with van der Waals surface area (Å²) in [6.07, 6.45) is 0. The van der Waals surface area contributed by atoms with Gasteiger partial charge in [0.05, 0.1) is 29.7 Å². The van der Waals surface area contributed by atoms with Crippen molar-refractivity contribution in [1.82, 2.24) is 9.78 Å². The molecule has 0 aliphatic carbocycles. The minimum Gasteiger partial charge on any atom is -0.496 e. The van der Waals surface area contributed by atoms with Crippen molar-refractivity contribution in [2.75, 3.05) is 12.4 Å². The van der Waals surface area contributed by atoms with Gasteiger partial charge in [-0.05, 0) is 45.9 Å². The number of methoxy groups -OCH3 is 1. The van der Waals surface area contributed by atoms with Crippen LogP contribution < -0.4 is 10.1 Å². The summed E-state index contributed by atoms with van der Waals surface area (Å²) in [5, 5.41) is 7.22. The van der Waals surface area contributed by atoms with Crippen molar-refractivity contribution in [3.63, 3.8) is 0 Å². The molecule has 0 spiro atoms. The molecule has 0 radical (unpaired) electrons. The highest BCUT2D eigenvalue weighted by Gasteiger charge is 2.19. The Morgan fingerprint density at radius 1 is 1.36 bits per heavy atom. The first-order chi connectivity index (χ1) is 10.3. The molecular formula is C16H20FN3O2. The van der Waals surface area contributed by atoms with Gasteiger partial charge in [0, 0.05) is 6.04 Å². The number of halogens is 1. The van der Waals surface area contributed by atoms with E-state index in [1.54, 1.807) is 0 Å². The topological polar surface area (TPSA) is 56.1 Å². The number of anilines is 1. The molecule has 1 amide bonds. The van der Waals surface area contributed by atoms with Crippen LogP contribution in [0.2, 0.25) is 0 Å². The van der Waals surface area contributed by atoms with E-state index in [-0.39, 0.29) is 11.6 Å². The normalized spacial score (nSPS) is 10.9. The molecule has 0 saturated heterocycles. The van der Waals surface area contributed by atoms with Crippen molar-refractivity contribution in [3.05, 3.63) is 41.0 Å². The van der Waals surface area contributed by atoms with Gasteiger partial charge < -0.3 is 10.1 Å². The molecule has 1 heterocycles. The maximum atomic E-state index is 13.4. The molecule has 118 valence electrons. The van der Waals surface area contributed by atoms with Crippen LogP contribution in [0.5, 0.6) is 5.75 Å². The van der Waals surface area contributed by atoms with Gasteiger partial charge in [-0.3, -0.25) is 9.48 Å². The van der Waals surface area contributed by atoms with E-state index >= 15 is 0 Å². The lowest BCUT2D eigenvalue weighted by Crippen LogP contribution is -2.15. The summed E-state index contributed by atoms with van der Waals surface area (Å²) < 4.78 is 20.4. The monoisotopic (exact) mass is 305 g/mol. The van der Waals surface area contributed by atoms with Gasteiger partial charge in [0.25, 0.3) is 5.91 Å². The van der Waals surface area contributed by atoms with Crippen LogP contribution in [0.15, 0.2) is 18.2 Å². The summed E-state index contributed by atoms with van der Waals surface area (Å²) in [6, 6.07) is 4.03. The Labute approximate surface area is 129 Å². The predicted molar refractivity (Wildman–Crippen MR) is 83.0 cm³/mol. The van der Waals surface area contributed by atoms with Crippen LogP contribution in [0.3, 0.4) is 0 Å². The molecule has 0 atom stereocenters. The first kappa shape index (κ1) is 16.0. The molecule has 6 heteroatoms. The molecule has 0 fully saturated rings. The van der Waals surface area contributed by atoms with Gasteiger partial charge in [0.15, 0.2) is 0 Å². The quantitative estimate of drug-likeness (QED) is 0.941. The van der Waals surface area contributed by atoms with E-state index in [1.165, 1.54) is 19.2 Å². The van der Waals surface area contributed by atoms with Crippen molar-refractivity contribution in [2.45, 2.75) is 33.7 Å². The van der Waals surface area contributed by atoms with E-state index in [1.807, 2.05) is 32.4 Å². The Morgan fingerprint density at radius 3 is 2.59 bits per heavy atom. The standard InChI is InChI=1S/C16H20FN3O2/c1-9(2)20-11(4)15(10(3)19-20)18-16(21)13-8-12(17)6-7-14(13)22-5/h6-9H,1-5H3,(H,18,21). The highest BCUT2D eigenvalue weighted by Crippen LogP contribution is 2.25. The molecule has 0 aliphatic rings. The zero-order valence-corrected chi connectivity index (χ0v) is 13.4. The molecule has 1 N–H and O–H groups in total. The number of nitrogens with one attached hydrogen (secondary N) is 1.